The first kappa shape index (κ1) is 19.7. The van der Waals surface area contributed by atoms with E-state index in [0.717, 1.165) is 0 Å². The molecule has 3 N–H and O–H groups in total. The third-order valence-corrected chi connectivity index (χ3v) is 2.20. The van der Waals surface area contributed by atoms with Crippen LogP contribution >= 0.6 is 0 Å². The first-order chi connectivity index (χ1) is 10.0. The number of hydrogen-bond donors (Lipinski definition) is 3. The average molecular weight is 317 g/mol. The number of hydrogen-bond acceptors (Lipinski definition) is 6. The van der Waals surface area contributed by atoms with Crippen LogP contribution < -0.4 is 16.0 Å². The van der Waals surface area contributed by atoms with E-state index in [2.05, 4.69) is 20.7 Å². The highest BCUT2D eigenvalue weighted by molar-refractivity contribution is 5.90. The van der Waals surface area contributed by atoms with Gasteiger partial charge in [0.1, 0.15) is 24.7 Å². The summed E-state index contributed by atoms with van der Waals surface area (Å²) in [6.07, 6.45) is -0.731. The highest BCUT2D eigenvalue weighted by Gasteiger charge is 2.19. The van der Waals surface area contributed by atoms with Crippen molar-refractivity contribution in [1.82, 2.24) is 16.0 Å². The molecule has 1 unspecified atom stereocenters. The summed E-state index contributed by atoms with van der Waals surface area (Å²) < 4.78 is 9.32. The molecule has 0 rings (SSSR count). The zero-order valence-electron chi connectivity index (χ0n) is 13.4. The number of nitrogens with one attached hydrogen (secondary N) is 3. The van der Waals surface area contributed by atoms with Gasteiger partial charge < -0.3 is 25.4 Å². The Morgan fingerprint density at radius 2 is 1.64 bits per heavy atom. The Morgan fingerprint density at radius 3 is 2.14 bits per heavy atom. The molecular formula is C13H23N3O6. The number of carbonyl (C=O) groups excluding carboxylic acids is 4. The van der Waals surface area contributed by atoms with Gasteiger partial charge in [0.2, 0.25) is 11.8 Å². The van der Waals surface area contributed by atoms with Crippen molar-refractivity contribution in [2.75, 3.05) is 20.2 Å². The van der Waals surface area contributed by atoms with Gasteiger partial charge in [-0.25, -0.2) is 4.79 Å². The van der Waals surface area contributed by atoms with Crippen molar-refractivity contribution < 1.29 is 28.7 Å². The van der Waals surface area contributed by atoms with Gasteiger partial charge in [-0.3, -0.25) is 14.4 Å². The van der Waals surface area contributed by atoms with Crippen LogP contribution in [0.1, 0.15) is 27.7 Å². The molecule has 0 fully saturated rings. The van der Waals surface area contributed by atoms with Crippen LogP contribution in [0.5, 0.6) is 0 Å². The van der Waals surface area contributed by atoms with Gasteiger partial charge in [0.05, 0.1) is 7.11 Å². The Bertz CT molecular complexity index is 430. The summed E-state index contributed by atoms with van der Waals surface area (Å²) in [4.78, 5) is 45.4. The number of rotatable bonds is 6. The molecule has 0 aliphatic heterocycles. The van der Waals surface area contributed by atoms with Gasteiger partial charge in [0, 0.05) is 0 Å². The molecule has 9 heteroatoms. The van der Waals surface area contributed by atoms with E-state index in [0.29, 0.717) is 0 Å². The van der Waals surface area contributed by atoms with Crippen molar-refractivity contribution in [3.63, 3.8) is 0 Å². The fraction of sp³-hybridized carbons (Fsp3) is 0.692. The van der Waals surface area contributed by atoms with Gasteiger partial charge in [-0.2, -0.15) is 0 Å². The predicted octanol–water partition coefficient (Wildman–Crippen LogP) is -0.695. The van der Waals surface area contributed by atoms with Gasteiger partial charge >= 0.3 is 12.1 Å². The SMILES string of the molecule is COC(=O)CNC(=O)C(C)NC(=O)CNC(=O)OC(C)(C)C. The quantitative estimate of drug-likeness (QED) is 0.557. The van der Waals surface area contributed by atoms with E-state index in [1.54, 1.807) is 20.8 Å². The van der Waals surface area contributed by atoms with Gasteiger partial charge in [-0.15, -0.1) is 0 Å². The summed E-state index contributed by atoms with van der Waals surface area (Å²) in [7, 11) is 1.20. The molecule has 0 spiro atoms. The Labute approximate surface area is 129 Å². The molecular weight excluding hydrogens is 294 g/mol. The van der Waals surface area contributed by atoms with Crippen molar-refractivity contribution in [1.29, 1.82) is 0 Å². The van der Waals surface area contributed by atoms with Crippen LogP contribution in [-0.2, 0) is 23.9 Å². The molecule has 0 bridgehead atoms. The highest BCUT2D eigenvalue weighted by atomic mass is 16.6. The number of alkyl carbamates (subject to hydrolysis) is 1. The van der Waals surface area contributed by atoms with Crippen molar-refractivity contribution >= 4 is 23.9 Å². The molecule has 0 aliphatic rings. The zero-order valence-corrected chi connectivity index (χ0v) is 13.4. The second-order valence-corrected chi connectivity index (χ2v) is 5.44. The molecule has 126 valence electrons. The molecule has 0 aromatic carbocycles. The number of carbonyl (C=O) groups is 4. The van der Waals surface area contributed by atoms with E-state index < -0.39 is 35.5 Å². The van der Waals surface area contributed by atoms with Gasteiger partial charge in [-0.05, 0) is 27.7 Å². The lowest BCUT2D eigenvalue weighted by Crippen LogP contribution is -2.49. The number of amides is 3. The molecule has 1 atom stereocenters. The van der Waals surface area contributed by atoms with E-state index in [-0.39, 0.29) is 13.1 Å². The highest BCUT2D eigenvalue weighted by Crippen LogP contribution is 2.05. The molecule has 0 heterocycles. The smallest absolute Gasteiger partial charge is 0.408 e. The van der Waals surface area contributed by atoms with Crippen LogP contribution in [0.3, 0.4) is 0 Å². The summed E-state index contributed by atoms with van der Waals surface area (Å²) >= 11 is 0. The van der Waals surface area contributed by atoms with Crippen LogP contribution in [0.15, 0.2) is 0 Å². The third kappa shape index (κ3) is 9.56. The number of ether oxygens (including phenoxy) is 2. The molecule has 0 radical (unpaired) electrons. The fourth-order valence-electron chi connectivity index (χ4n) is 1.21. The first-order valence-electron chi connectivity index (χ1n) is 6.66. The maximum atomic E-state index is 11.6. The second-order valence-electron chi connectivity index (χ2n) is 5.44. The molecule has 0 aromatic rings. The fourth-order valence-corrected chi connectivity index (χ4v) is 1.21. The minimum absolute atomic E-state index is 0.286. The number of methoxy groups -OCH3 is 1. The minimum Gasteiger partial charge on any atom is -0.468 e. The van der Waals surface area contributed by atoms with Gasteiger partial charge in [0.25, 0.3) is 0 Å². The van der Waals surface area contributed by atoms with E-state index in [1.807, 2.05) is 0 Å². The van der Waals surface area contributed by atoms with Crippen molar-refractivity contribution in [3.8, 4) is 0 Å². The van der Waals surface area contributed by atoms with Gasteiger partial charge in [-0.1, -0.05) is 0 Å². The summed E-state index contributed by atoms with van der Waals surface area (Å²) in [5.74, 6) is -1.71. The number of esters is 1. The Kier molecular flexibility index (Phi) is 7.92. The van der Waals surface area contributed by atoms with Crippen molar-refractivity contribution in [2.24, 2.45) is 0 Å². The zero-order chi connectivity index (χ0) is 17.3. The summed E-state index contributed by atoms with van der Waals surface area (Å²) in [5, 5.41) is 6.92. The van der Waals surface area contributed by atoms with Crippen molar-refractivity contribution in [3.05, 3.63) is 0 Å². The molecule has 0 aromatic heterocycles. The van der Waals surface area contributed by atoms with Crippen LogP contribution in [0.25, 0.3) is 0 Å². The average Bonchev–Trinajstić information content (AvgIpc) is 2.40. The second kappa shape index (κ2) is 8.85. The van der Waals surface area contributed by atoms with Gasteiger partial charge in [0.15, 0.2) is 0 Å². The molecule has 3 amide bonds. The lowest BCUT2D eigenvalue weighted by molar-refractivity contribution is -0.141. The van der Waals surface area contributed by atoms with E-state index in [4.69, 9.17) is 4.74 Å². The largest absolute Gasteiger partial charge is 0.468 e. The normalized spacial score (nSPS) is 11.9. The van der Waals surface area contributed by atoms with Crippen LogP contribution in [0.2, 0.25) is 0 Å². The van der Waals surface area contributed by atoms with E-state index >= 15 is 0 Å². The maximum absolute atomic E-state index is 11.6. The van der Waals surface area contributed by atoms with Crippen LogP contribution in [0, 0.1) is 0 Å². The van der Waals surface area contributed by atoms with E-state index in [9.17, 15) is 19.2 Å². The minimum atomic E-state index is -0.863. The first-order valence-corrected chi connectivity index (χ1v) is 6.66. The lowest BCUT2D eigenvalue weighted by Gasteiger charge is -2.20. The van der Waals surface area contributed by atoms with Crippen molar-refractivity contribution in [2.45, 2.75) is 39.3 Å². The molecule has 0 saturated carbocycles. The maximum Gasteiger partial charge on any atom is 0.408 e. The topological polar surface area (TPSA) is 123 Å². The summed E-state index contributed by atoms with van der Waals surface area (Å²) in [6, 6.07) is -0.863. The monoisotopic (exact) mass is 317 g/mol. The summed E-state index contributed by atoms with van der Waals surface area (Å²) in [5.41, 5.74) is -0.665. The van der Waals surface area contributed by atoms with Crippen LogP contribution in [0.4, 0.5) is 4.79 Å². The lowest BCUT2D eigenvalue weighted by atomic mass is 10.2. The molecule has 22 heavy (non-hydrogen) atoms. The molecule has 0 saturated heterocycles. The molecule has 9 nitrogen and oxygen atoms in total. The third-order valence-electron chi connectivity index (χ3n) is 2.20. The Hall–Kier alpha value is -2.32. The van der Waals surface area contributed by atoms with Crippen LogP contribution in [-0.4, -0.2) is 55.7 Å². The predicted molar refractivity (Wildman–Crippen MR) is 76.9 cm³/mol. The Morgan fingerprint density at radius 1 is 1.05 bits per heavy atom. The standard InChI is InChI=1S/C13H23N3O6/c1-8(11(19)14-7-10(18)21-5)16-9(17)6-15-12(20)22-13(2,3)4/h8H,6-7H2,1-5H3,(H,14,19)(H,15,20)(H,16,17). The summed E-state index contributed by atoms with van der Waals surface area (Å²) in [6.45, 7) is 5.91. The molecule has 0 aliphatic carbocycles. The van der Waals surface area contributed by atoms with E-state index in [1.165, 1.54) is 14.0 Å². The Balaban J connectivity index is 4.07.